The van der Waals surface area contributed by atoms with E-state index in [2.05, 4.69) is 14.7 Å². The molecule has 0 saturated heterocycles. The molecule has 4 aromatic rings. The molecule has 4 rings (SSSR count). The van der Waals surface area contributed by atoms with Gasteiger partial charge >= 0.3 is 6.36 Å². The smallest absolute Gasteiger partial charge is 0.406 e. The number of hydrogen-bond acceptors (Lipinski definition) is 5. The van der Waals surface area contributed by atoms with E-state index in [0.717, 1.165) is 5.56 Å². The van der Waals surface area contributed by atoms with Gasteiger partial charge in [-0.1, -0.05) is 42.5 Å². The Morgan fingerprint density at radius 1 is 1.00 bits per heavy atom. The van der Waals surface area contributed by atoms with Crippen LogP contribution in [0.25, 0.3) is 11.2 Å². The third-order valence-corrected chi connectivity index (χ3v) is 5.99. The van der Waals surface area contributed by atoms with Crippen LogP contribution in [0.1, 0.15) is 17.0 Å². The molecule has 10 heteroatoms. The number of imidazole rings is 1. The average molecular weight is 499 g/mol. The maximum absolute atomic E-state index is 12.5. The molecule has 36 heavy (non-hydrogen) atoms. The number of rotatable bonds is 10. The highest BCUT2D eigenvalue weighted by Crippen LogP contribution is 2.26. The number of carbonyl (C=O) groups excluding carboxylic acids is 1. The van der Waals surface area contributed by atoms with Crippen LogP contribution in [0.2, 0.25) is 0 Å². The first-order chi connectivity index (χ1) is 17.2. The molecule has 2 aromatic heterocycles. The van der Waals surface area contributed by atoms with E-state index in [1.807, 2.05) is 34.9 Å². The van der Waals surface area contributed by atoms with Crippen LogP contribution in [0.4, 0.5) is 13.2 Å². The maximum atomic E-state index is 12.5. The Morgan fingerprint density at radius 3 is 2.36 bits per heavy atom. The summed E-state index contributed by atoms with van der Waals surface area (Å²) in [7, 11) is 0. The topological polar surface area (TPSA) is 103 Å². The van der Waals surface area contributed by atoms with E-state index < -0.39 is 24.1 Å². The van der Waals surface area contributed by atoms with Crippen LogP contribution in [-0.2, 0) is 24.2 Å². The van der Waals surface area contributed by atoms with Gasteiger partial charge in [0.25, 0.3) is 0 Å². The summed E-state index contributed by atoms with van der Waals surface area (Å²) in [5.41, 5.74) is 8.60. The van der Waals surface area contributed by atoms with Gasteiger partial charge in [0.1, 0.15) is 17.1 Å². The third kappa shape index (κ3) is 6.19. The van der Waals surface area contributed by atoms with Gasteiger partial charge in [-0.05, 0) is 47.7 Å². The molecule has 0 aliphatic carbocycles. The molecule has 7 nitrogen and oxygen atoms in total. The molecular formula is C26H25F3N4O3. The molecule has 1 unspecified atom stereocenters. The zero-order valence-electron chi connectivity index (χ0n) is 19.2. The van der Waals surface area contributed by atoms with Gasteiger partial charge < -0.3 is 20.1 Å². The minimum atomic E-state index is -4.77. The summed E-state index contributed by atoms with van der Waals surface area (Å²) in [6, 6.07) is 18.6. The lowest BCUT2D eigenvalue weighted by Crippen LogP contribution is -2.35. The molecule has 0 radical (unpaired) electrons. The van der Waals surface area contributed by atoms with E-state index in [9.17, 15) is 23.1 Å². The van der Waals surface area contributed by atoms with Crippen molar-refractivity contribution in [1.29, 1.82) is 0 Å². The Kier molecular flexibility index (Phi) is 7.54. The fourth-order valence-electron chi connectivity index (χ4n) is 4.25. The number of alkyl halides is 3. The van der Waals surface area contributed by atoms with E-state index in [1.165, 1.54) is 24.3 Å². The molecule has 0 spiro atoms. The molecular weight excluding hydrogens is 473 g/mol. The molecule has 2 atom stereocenters. The van der Waals surface area contributed by atoms with Crippen LogP contribution in [0.3, 0.4) is 0 Å². The SMILES string of the molecule is NC(=O)C(Cc1nc2cccnc2n1Cc1ccc(OC(F)(F)F)cc1)[C@@H](CO)Cc1ccccc1. The number of ether oxygens (including phenoxy) is 1. The van der Waals surface area contributed by atoms with Crippen LogP contribution in [-0.4, -0.2) is 38.5 Å². The standard InChI is InChI=1S/C26H25F3N4O3/c27-26(28,29)36-20-10-8-18(9-11-20)15-33-23(32-22-7-4-12-31-25(22)33)14-21(24(30)35)19(16-34)13-17-5-2-1-3-6-17/h1-12,19,21,34H,13-16H2,(H2,30,35)/t19-,21?/m1/s1. The number of hydrogen-bond donors (Lipinski definition) is 2. The largest absolute Gasteiger partial charge is 0.573 e. The van der Waals surface area contributed by atoms with Crippen molar-refractivity contribution in [2.45, 2.75) is 25.7 Å². The summed E-state index contributed by atoms with van der Waals surface area (Å²) in [6.07, 6.45) is -2.53. The number of carbonyl (C=O) groups is 1. The Morgan fingerprint density at radius 2 is 1.72 bits per heavy atom. The first-order valence-corrected chi connectivity index (χ1v) is 11.3. The van der Waals surface area contributed by atoms with Gasteiger partial charge in [-0.3, -0.25) is 4.79 Å². The van der Waals surface area contributed by atoms with E-state index in [0.29, 0.717) is 29.0 Å². The second-order valence-electron chi connectivity index (χ2n) is 8.50. The van der Waals surface area contributed by atoms with Crippen LogP contribution >= 0.6 is 0 Å². The predicted molar refractivity (Wildman–Crippen MR) is 127 cm³/mol. The first-order valence-electron chi connectivity index (χ1n) is 11.3. The van der Waals surface area contributed by atoms with Crippen LogP contribution < -0.4 is 10.5 Å². The fraction of sp³-hybridized carbons (Fsp3) is 0.269. The Balaban J connectivity index is 1.63. The van der Waals surface area contributed by atoms with Crippen molar-refractivity contribution in [3.8, 4) is 5.75 Å². The molecule has 0 fully saturated rings. The normalized spacial score (nSPS) is 13.4. The van der Waals surface area contributed by atoms with Crippen molar-refractivity contribution in [3.05, 3.63) is 89.9 Å². The minimum absolute atomic E-state index is 0.166. The zero-order valence-corrected chi connectivity index (χ0v) is 19.2. The number of aliphatic hydroxyl groups excluding tert-OH is 1. The number of aromatic nitrogens is 3. The monoisotopic (exact) mass is 498 g/mol. The first kappa shape index (κ1) is 25.2. The van der Waals surface area contributed by atoms with Gasteiger partial charge in [-0.25, -0.2) is 9.97 Å². The van der Waals surface area contributed by atoms with Gasteiger partial charge in [-0.15, -0.1) is 13.2 Å². The third-order valence-electron chi connectivity index (χ3n) is 5.99. The minimum Gasteiger partial charge on any atom is -0.406 e. The van der Waals surface area contributed by atoms with Gasteiger partial charge in [0, 0.05) is 19.2 Å². The molecule has 0 aliphatic heterocycles. The van der Waals surface area contributed by atoms with E-state index in [1.54, 1.807) is 18.3 Å². The number of benzene rings is 2. The van der Waals surface area contributed by atoms with Gasteiger partial charge in [0.05, 0.1) is 12.5 Å². The molecule has 188 valence electrons. The van der Waals surface area contributed by atoms with Crippen molar-refractivity contribution in [2.75, 3.05) is 6.61 Å². The molecule has 3 N–H and O–H groups in total. The molecule has 0 aliphatic rings. The number of primary amides is 1. The quantitative estimate of drug-likeness (QED) is 0.346. The van der Waals surface area contributed by atoms with Crippen molar-refractivity contribution in [2.24, 2.45) is 17.6 Å². The summed E-state index contributed by atoms with van der Waals surface area (Å²) >= 11 is 0. The van der Waals surface area contributed by atoms with Crippen molar-refractivity contribution < 1.29 is 27.8 Å². The lowest BCUT2D eigenvalue weighted by molar-refractivity contribution is -0.274. The van der Waals surface area contributed by atoms with Crippen molar-refractivity contribution in [1.82, 2.24) is 14.5 Å². The number of halogens is 3. The summed E-state index contributed by atoms with van der Waals surface area (Å²) in [5.74, 6) is -1.46. The molecule has 0 saturated carbocycles. The maximum Gasteiger partial charge on any atom is 0.573 e. The second kappa shape index (κ2) is 10.8. The van der Waals surface area contributed by atoms with Crippen LogP contribution in [0.5, 0.6) is 5.75 Å². The lowest BCUT2D eigenvalue weighted by Gasteiger charge is -2.23. The van der Waals surface area contributed by atoms with E-state index >= 15 is 0 Å². The van der Waals surface area contributed by atoms with Gasteiger partial charge in [0.2, 0.25) is 5.91 Å². The average Bonchev–Trinajstić information content (AvgIpc) is 3.19. The number of amides is 1. The van der Waals surface area contributed by atoms with E-state index in [-0.39, 0.29) is 25.3 Å². The highest BCUT2D eigenvalue weighted by Gasteiger charge is 2.31. The summed E-state index contributed by atoms with van der Waals surface area (Å²) in [6.45, 7) is 0.0186. The summed E-state index contributed by atoms with van der Waals surface area (Å²) < 4.78 is 43.2. The molecule has 0 bridgehead atoms. The molecule has 1 amide bonds. The highest BCUT2D eigenvalue weighted by molar-refractivity contribution is 5.78. The number of pyridine rings is 1. The summed E-state index contributed by atoms with van der Waals surface area (Å²) in [4.78, 5) is 21.6. The van der Waals surface area contributed by atoms with Crippen molar-refractivity contribution in [3.63, 3.8) is 0 Å². The van der Waals surface area contributed by atoms with Crippen molar-refractivity contribution >= 4 is 17.1 Å². The number of aliphatic hydroxyl groups is 1. The fourth-order valence-corrected chi connectivity index (χ4v) is 4.25. The van der Waals surface area contributed by atoms with Crippen LogP contribution in [0, 0.1) is 11.8 Å². The zero-order chi connectivity index (χ0) is 25.7. The van der Waals surface area contributed by atoms with E-state index in [4.69, 9.17) is 5.73 Å². The Hall–Kier alpha value is -3.92. The molecule has 2 heterocycles. The lowest BCUT2D eigenvalue weighted by atomic mass is 9.84. The predicted octanol–water partition coefficient (Wildman–Crippen LogP) is 3.87. The Labute approximate surface area is 205 Å². The van der Waals surface area contributed by atoms with Gasteiger partial charge in [-0.2, -0.15) is 0 Å². The second-order valence-corrected chi connectivity index (χ2v) is 8.50. The molecule has 2 aromatic carbocycles. The van der Waals surface area contributed by atoms with Gasteiger partial charge in [0.15, 0.2) is 5.65 Å². The summed E-state index contributed by atoms with van der Waals surface area (Å²) in [5, 5.41) is 10.1. The number of nitrogens with zero attached hydrogens (tertiary/aromatic N) is 3. The Bertz CT molecular complexity index is 1310. The highest BCUT2D eigenvalue weighted by atomic mass is 19.4. The number of fused-ring (bicyclic) bond motifs is 1. The number of nitrogens with two attached hydrogens (primary N) is 1. The van der Waals surface area contributed by atoms with Crippen LogP contribution in [0.15, 0.2) is 72.9 Å².